The minimum absolute atomic E-state index is 0.132. The number of benzene rings is 1. The average molecular weight is 289 g/mol. The molecular weight excluding hydrogens is 258 g/mol. The Labute approximate surface area is 129 Å². The van der Waals surface area contributed by atoms with Crippen molar-refractivity contribution in [2.75, 3.05) is 6.54 Å². The maximum absolute atomic E-state index is 11.4. The van der Waals surface area contributed by atoms with Gasteiger partial charge >= 0.3 is 0 Å². The molecule has 1 aliphatic rings. The first-order valence-electron chi connectivity index (χ1n) is 8.33. The molecule has 1 fully saturated rings. The van der Waals surface area contributed by atoms with Crippen LogP contribution in [0.1, 0.15) is 58.4 Å². The molecule has 1 unspecified atom stereocenters. The van der Waals surface area contributed by atoms with E-state index in [9.17, 15) is 5.11 Å². The lowest BCUT2D eigenvalue weighted by molar-refractivity contribution is -0.114. The largest absolute Gasteiger partial charge is 0.389 e. The summed E-state index contributed by atoms with van der Waals surface area (Å²) in [6.45, 7) is 7.34. The summed E-state index contributed by atoms with van der Waals surface area (Å²) in [6.07, 6.45) is 5.85. The highest BCUT2D eigenvalue weighted by Crippen LogP contribution is 2.52. The number of hydrogen-bond donors (Lipinski definition) is 2. The van der Waals surface area contributed by atoms with Gasteiger partial charge in [-0.05, 0) is 43.1 Å². The van der Waals surface area contributed by atoms with Gasteiger partial charge in [0.1, 0.15) is 0 Å². The van der Waals surface area contributed by atoms with Gasteiger partial charge < -0.3 is 10.8 Å². The third-order valence-electron chi connectivity index (χ3n) is 5.86. The van der Waals surface area contributed by atoms with Crippen LogP contribution in [0.25, 0.3) is 0 Å². The Balaban J connectivity index is 2.24. The lowest BCUT2D eigenvalue weighted by Crippen LogP contribution is -2.56. The average Bonchev–Trinajstić information content (AvgIpc) is 2.48. The minimum Gasteiger partial charge on any atom is -0.389 e. The van der Waals surface area contributed by atoms with Crippen LogP contribution >= 0.6 is 0 Å². The van der Waals surface area contributed by atoms with Crippen molar-refractivity contribution in [1.29, 1.82) is 0 Å². The molecule has 0 aromatic heterocycles. The Morgan fingerprint density at radius 3 is 2.14 bits per heavy atom. The van der Waals surface area contributed by atoms with E-state index in [2.05, 4.69) is 32.9 Å². The smallest absolute Gasteiger partial charge is 0.0753 e. The van der Waals surface area contributed by atoms with E-state index >= 15 is 0 Å². The summed E-state index contributed by atoms with van der Waals surface area (Å²) in [5, 5.41) is 11.4. The van der Waals surface area contributed by atoms with Crippen LogP contribution in [0.15, 0.2) is 30.3 Å². The number of rotatable bonds is 5. The van der Waals surface area contributed by atoms with Gasteiger partial charge in [-0.2, -0.15) is 0 Å². The van der Waals surface area contributed by atoms with Crippen LogP contribution in [0.5, 0.6) is 0 Å². The molecule has 1 aromatic carbocycles. The molecule has 0 aliphatic heterocycles. The first-order valence-corrected chi connectivity index (χ1v) is 8.33. The van der Waals surface area contributed by atoms with E-state index in [1.165, 1.54) is 5.56 Å². The zero-order valence-electron chi connectivity index (χ0n) is 13.9. The van der Waals surface area contributed by atoms with E-state index in [1.54, 1.807) is 0 Å². The van der Waals surface area contributed by atoms with E-state index in [1.807, 2.05) is 18.2 Å². The molecule has 118 valence electrons. The van der Waals surface area contributed by atoms with E-state index < -0.39 is 5.60 Å². The van der Waals surface area contributed by atoms with E-state index in [-0.39, 0.29) is 5.41 Å². The van der Waals surface area contributed by atoms with Crippen molar-refractivity contribution in [3.05, 3.63) is 35.9 Å². The standard InChI is InChI=1S/C19H31NO/c1-4-19(21,14-16-8-6-5-7-9-16)18(15-20)12-10-17(2,3)11-13-18/h5-9,21H,4,10-15,20H2,1-3H3. The van der Waals surface area contributed by atoms with Gasteiger partial charge in [-0.3, -0.25) is 0 Å². The van der Waals surface area contributed by atoms with Gasteiger partial charge in [-0.1, -0.05) is 51.1 Å². The third-order valence-corrected chi connectivity index (χ3v) is 5.86. The second kappa shape index (κ2) is 6.10. The summed E-state index contributed by atoms with van der Waals surface area (Å²) < 4.78 is 0. The molecule has 0 heterocycles. The molecule has 1 aromatic rings. The van der Waals surface area contributed by atoms with Crippen LogP contribution in [0.4, 0.5) is 0 Å². The highest BCUT2D eigenvalue weighted by Gasteiger charge is 2.50. The molecule has 1 saturated carbocycles. The van der Waals surface area contributed by atoms with Crippen molar-refractivity contribution in [2.45, 2.75) is 64.9 Å². The molecule has 2 rings (SSSR count). The SMILES string of the molecule is CCC(O)(Cc1ccccc1)C1(CN)CCC(C)(C)CC1. The van der Waals surface area contributed by atoms with Crippen molar-refractivity contribution < 1.29 is 5.11 Å². The van der Waals surface area contributed by atoms with Gasteiger partial charge in [0.05, 0.1) is 5.60 Å². The molecule has 3 N–H and O–H groups in total. The highest BCUT2D eigenvalue weighted by atomic mass is 16.3. The predicted molar refractivity (Wildman–Crippen MR) is 89.1 cm³/mol. The zero-order chi connectivity index (χ0) is 15.6. The third kappa shape index (κ3) is 3.32. The lowest BCUT2D eigenvalue weighted by Gasteiger charge is -2.52. The first-order chi connectivity index (χ1) is 9.86. The molecule has 0 radical (unpaired) electrons. The van der Waals surface area contributed by atoms with Crippen LogP contribution in [0.2, 0.25) is 0 Å². The van der Waals surface area contributed by atoms with Gasteiger partial charge in [-0.15, -0.1) is 0 Å². The minimum atomic E-state index is -0.695. The second-order valence-corrected chi connectivity index (χ2v) is 7.70. The van der Waals surface area contributed by atoms with E-state index in [0.29, 0.717) is 18.4 Å². The van der Waals surface area contributed by atoms with Crippen LogP contribution in [-0.4, -0.2) is 17.3 Å². The molecule has 2 nitrogen and oxygen atoms in total. The maximum atomic E-state index is 11.4. The normalized spacial score (nSPS) is 23.5. The van der Waals surface area contributed by atoms with Crippen molar-refractivity contribution in [1.82, 2.24) is 0 Å². The van der Waals surface area contributed by atoms with Crippen molar-refractivity contribution in [2.24, 2.45) is 16.6 Å². The van der Waals surface area contributed by atoms with Crippen LogP contribution < -0.4 is 5.73 Å². The molecule has 2 heteroatoms. The number of nitrogens with two attached hydrogens (primary N) is 1. The van der Waals surface area contributed by atoms with Gasteiger partial charge in [-0.25, -0.2) is 0 Å². The molecule has 0 bridgehead atoms. The summed E-state index contributed by atoms with van der Waals surface area (Å²) in [4.78, 5) is 0. The Morgan fingerprint density at radius 1 is 1.10 bits per heavy atom. The summed E-state index contributed by atoms with van der Waals surface area (Å²) in [6, 6.07) is 10.3. The highest BCUT2D eigenvalue weighted by molar-refractivity contribution is 5.19. The lowest BCUT2D eigenvalue weighted by atomic mass is 9.56. The number of aliphatic hydroxyl groups is 1. The van der Waals surface area contributed by atoms with Crippen molar-refractivity contribution in [3.8, 4) is 0 Å². The monoisotopic (exact) mass is 289 g/mol. The molecule has 0 saturated heterocycles. The maximum Gasteiger partial charge on any atom is 0.0753 e. The number of hydrogen-bond acceptors (Lipinski definition) is 2. The zero-order valence-corrected chi connectivity index (χ0v) is 13.9. The van der Waals surface area contributed by atoms with Gasteiger partial charge in [0.2, 0.25) is 0 Å². The Morgan fingerprint density at radius 2 is 1.67 bits per heavy atom. The molecule has 21 heavy (non-hydrogen) atoms. The molecular formula is C19H31NO. The van der Waals surface area contributed by atoms with E-state index in [0.717, 1.165) is 32.1 Å². The first kappa shape index (κ1) is 16.5. The quantitative estimate of drug-likeness (QED) is 0.863. The molecule has 0 spiro atoms. The van der Waals surface area contributed by atoms with Crippen molar-refractivity contribution in [3.63, 3.8) is 0 Å². The van der Waals surface area contributed by atoms with E-state index in [4.69, 9.17) is 5.73 Å². The summed E-state index contributed by atoms with van der Waals surface area (Å²) >= 11 is 0. The Hall–Kier alpha value is -0.860. The fourth-order valence-corrected chi connectivity index (χ4v) is 3.89. The summed E-state index contributed by atoms with van der Waals surface area (Å²) in [5.74, 6) is 0. The Bertz CT molecular complexity index is 444. The molecule has 1 aliphatic carbocycles. The fourth-order valence-electron chi connectivity index (χ4n) is 3.89. The predicted octanol–water partition coefficient (Wildman–Crippen LogP) is 3.92. The van der Waals surface area contributed by atoms with Crippen LogP contribution in [0.3, 0.4) is 0 Å². The second-order valence-electron chi connectivity index (χ2n) is 7.70. The van der Waals surface area contributed by atoms with Crippen LogP contribution in [0, 0.1) is 10.8 Å². The van der Waals surface area contributed by atoms with Gasteiger partial charge in [0.15, 0.2) is 0 Å². The van der Waals surface area contributed by atoms with Gasteiger partial charge in [0, 0.05) is 18.4 Å². The Kier molecular flexibility index (Phi) is 4.79. The summed E-state index contributed by atoms with van der Waals surface area (Å²) in [5.41, 5.74) is 6.95. The molecule has 0 amide bonds. The van der Waals surface area contributed by atoms with Crippen molar-refractivity contribution >= 4 is 0 Å². The van der Waals surface area contributed by atoms with Crippen LogP contribution in [-0.2, 0) is 6.42 Å². The fraction of sp³-hybridized carbons (Fsp3) is 0.684. The topological polar surface area (TPSA) is 46.2 Å². The van der Waals surface area contributed by atoms with Gasteiger partial charge in [0.25, 0.3) is 0 Å². The summed E-state index contributed by atoms with van der Waals surface area (Å²) in [7, 11) is 0. The molecule has 1 atom stereocenters.